The number of anilines is 2. The summed E-state index contributed by atoms with van der Waals surface area (Å²) >= 11 is 0. The summed E-state index contributed by atoms with van der Waals surface area (Å²) in [4.78, 5) is 2.35. The third-order valence-corrected chi connectivity index (χ3v) is 12.9. The van der Waals surface area contributed by atoms with Crippen LogP contribution >= 0.6 is 0 Å². The van der Waals surface area contributed by atoms with Crippen molar-refractivity contribution in [1.82, 2.24) is 4.57 Å². The number of aryl methyl sites for hydroxylation is 6. The van der Waals surface area contributed by atoms with Crippen LogP contribution in [0.2, 0.25) is 0 Å². The van der Waals surface area contributed by atoms with Gasteiger partial charge in [-0.3, -0.25) is 0 Å². The first-order valence-corrected chi connectivity index (χ1v) is 20.9. The summed E-state index contributed by atoms with van der Waals surface area (Å²) in [6.07, 6.45) is 17.0. The molecule has 7 aromatic rings. The van der Waals surface area contributed by atoms with E-state index in [1.165, 1.54) is 94.1 Å². The van der Waals surface area contributed by atoms with E-state index in [4.69, 9.17) is 6.58 Å². The average Bonchev–Trinajstić information content (AvgIpc) is 3.54. The first-order chi connectivity index (χ1) is 28.5. The smallest absolute Gasteiger partial charge is 0.0547 e. The molecule has 6 aromatic carbocycles. The highest BCUT2D eigenvalue weighted by atomic mass is 15.1. The number of para-hydroxylation sites is 1. The summed E-state index contributed by atoms with van der Waals surface area (Å²) < 4.78 is 2.42. The third kappa shape index (κ3) is 6.54. The first kappa shape index (κ1) is 37.9. The second-order valence-electron chi connectivity index (χ2n) is 16.6. The number of hydrogen-bond donors (Lipinski definition) is 0. The van der Waals surface area contributed by atoms with E-state index < -0.39 is 0 Å². The lowest BCUT2D eigenvalue weighted by atomic mass is 9.82. The molecule has 0 N–H and O–H groups in total. The van der Waals surface area contributed by atoms with Gasteiger partial charge in [-0.15, -0.1) is 0 Å². The third-order valence-electron chi connectivity index (χ3n) is 12.9. The molecule has 0 saturated carbocycles. The fourth-order valence-electron chi connectivity index (χ4n) is 9.28. The molecule has 9 rings (SSSR count). The molecule has 0 saturated heterocycles. The van der Waals surface area contributed by atoms with Crippen LogP contribution in [0.5, 0.6) is 0 Å². The Kier molecular flexibility index (Phi) is 9.60. The molecule has 290 valence electrons. The van der Waals surface area contributed by atoms with Crippen LogP contribution in [0.3, 0.4) is 0 Å². The summed E-state index contributed by atoms with van der Waals surface area (Å²) in [5.74, 6) is 0. The SMILES string of the molecule is C=C/C=C(\C=C/C)n1c2ccc(-c3cc(C)c(C)c(C)c3)cc2c2cc3c(cc21)-c1cc2c(cc1CC3)C(=C)/C=C(c1cc(C)c(C)c(C)c1)\C=C/N2c1ccccc1. The van der Waals surface area contributed by atoms with Crippen LogP contribution in [0.1, 0.15) is 62.6 Å². The maximum absolute atomic E-state index is 4.73. The monoisotopic (exact) mass is 764 g/mol. The molecule has 0 radical (unpaired) electrons. The largest absolute Gasteiger partial charge is 0.317 e. The molecule has 2 heteroatoms. The quantitative estimate of drug-likeness (QED) is 0.153. The molecule has 0 spiro atoms. The zero-order valence-corrected chi connectivity index (χ0v) is 35.5. The Morgan fingerprint density at radius 2 is 1.25 bits per heavy atom. The van der Waals surface area contributed by atoms with Gasteiger partial charge in [0.25, 0.3) is 0 Å². The molecule has 1 aliphatic carbocycles. The number of benzene rings is 6. The molecule has 0 amide bonds. The van der Waals surface area contributed by atoms with E-state index in [-0.39, 0.29) is 0 Å². The first-order valence-electron chi connectivity index (χ1n) is 20.9. The highest BCUT2D eigenvalue weighted by molar-refractivity contribution is 6.13. The van der Waals surface area contributed by atoms with E-state index in [1.54, 1.807) is 0 Å². The van der Waals surface area contributed by atoms with Crippen molar-refractivity contribution in [2.24, 2.45) is 0 Å². The Morgan fingerprint density at radius 1 is 0.627 bits per heavy atom. The minimum atomic E-state index is 0.967. The normalized spacial score (nSPS) is 15.4. The molecule has 2 aliphatic rings. The van der Waals surface area contributed by atoms with Crippen molar-refractivity contribution in [3.05, 3.63) is 209 Å². The van der Waals surface area contributed by atoms with Gasteiger partial charge >= 0.3 is 0 Å². The standard InChI is InChI=1S/C57H52N2/c1-10-15-49(16-11-2)59-55-22-21-42(46-25-35(3)40(8)36(4)26-46)30-53(55)54-32-45-20-19-44-31-50-39(7)29-43(47-27-37(5)41(9)38(6)28-47)23-24-58(48-17-13-12-14-18-48)56(50)33-51(44)52(45)34-57(54)59/h10-18,21-34H,1,7,19-20H2,2-6,8-9H3/b16-11-,24-23-,43-29+,49-15+. The van der Waals surface area contributed by atoms with Crippen LogP contribution in [0.25, 0.3) is 60.9 Å². The lowest BCUT2D eigenvalue weighted by Gasteiger charge is -2.30. The Balaban J connectivity index is 1.26. The Bertz CT molecular complexity index is 2980. The summed E-state index contributed by atoms with van der Waals surface area (Å²) in [6, 6.07) is 36.8. The number of hydrogen-bond acceptors (Lipinski definition) is 1. The molecule has 0 fully saturated rings. The van der Waals surface area contributed by atoms with Crippen molar-refractivity contribution in [3.63, 3.8) is 0 Å². The van der Waals surface area contributed by atoms with Gasteiger partial charge in [0, 0.05) is 33.9 Å². The van der Waals surface area contributed by atoms with Crippen LogP contribution < -0.4 is 4.90 Å². The number of allylic oxidation sites excluding steroid dienone is 9. The molecule has 1 aliphatic heterocycles. The van der Waals surface area contributed by atoms with E-state index in [0.717, 1.165) is 46.6 Å². The van der Waals surface area contributed by atoms with Gasteiger partial charge < -0.3 is 9.47 Å². The minimum Gasteiger partial charge on any atom is -0.317 e. The minimum absolute atomic E-state index is 0.967. The van der Waals surface area contributed by atoms with Gasteiger partial charge in [0.1, 0.15) is 0 Å². The van der Waals surface area contributed by atoms with Crippen LogP contribution in [0, 0.1) is 41.5 Å². The van der Waals surface area contributed by atoms with Gasteiger partial charge in [0.2, 0.25) is 0 Å². The van der Waals surface area contributed by atoms with Gasteiger partial charge in [-0.2, -0.15) is 0 Å². The fraction of sp³-hybridized carbons (Fsp3) is 0.158. The summed E-state index contributed by atoms with van der Waals surface area (Å²) in [5, 5.41) is 2.54. The second-order valence-corrected chi connectivity index (χ2v) is 16.6. The maximum atomic E-state index is 4.73. The molecule has 59 heavy (non-hydrogen) atoms. The molecule has 2 nitrogen and oxygen atoms in total. The molecule has 0 atom stereocenters. The molecule has 0 bridgehead atoms. The van der Waals surface area contributed by atoms with E-state index in [2.05, 4.69) is 198 Å². The molecule has 1 aromatic heterocycles. The highest BCUT2D eigenvalue weighted by Crippen LogP contribution is 2.46. The van der Waals surface area contributed by atoms with Gasteiger partial charge in [-0.25, -0.2) is 0 Å². The van der Waals surface area contributed by atoms with E-state index >= 15 is 0 Å². The van der Waals surface area contributed by atoms with Crippen molar-refractivity contribution in [3.8, 4) is 22.3 Å². The predicted octanol–water partition coefficient (Wildman–Crippen LogP) is 15.4. The van der Waals surface area contributed by atoms with E-state index in [9.17, 15) is 0 Å². The van der Waals surface area contributed by atoms with E-state index in [0.29, 0.717) is 0 Å². The van der Waals surface area contributed by atoms with Gasteiger partial charge in [-0.05, 0) is 218 Å². The van der Waals surface area contributed by atoms with Gasteiger partial charge in [0.05, 0.1) is 16.7 Å². The predicted molar refractivity (Wildman–Crippen MR) is 257 cm³/mol. The zero-order valence-electron chi connectivity index (χ0n) is 35.5. The van der Waals surface area contributed by atoms with Crippen LogP contribution in [0.4, 0.5) is 11.4 Å². The Morgan fingerprint density at radius 3 is 1.92 bits per heavy atom. The fourth-order valence-corrected chi connectivity index (χ4v) is 9.28. The van der Waals surface area contributed by atoms with Crippen LogP contribution in [0.15, 0.2) is 153 Å². The molecule has 2 heterocycles. The second kappa shape index (κ2) is 14.9. The zero-order chi connectivity index (χ0) is 41.1. The summed E-state index contributed by atoms with van der Waals surface area (Å²) in [5.41, 5.74) is 26.0. The van der Waals surface area contributed by atoms with Crippen molar-refractivity contribution >= 4 is 50.0 Å². The van der Waals surface area contributed by atoms with Crippen molar-refractivity contribution in [1.29, 1.82) is 0 Å². The number of rotatable bonds is 6. The van der Waals surface area contributed by atoms with Crippen molar-refractivity contribution in [2.45, 2.75) is 61.3 Å². The van der Waals surface area contributed by atoms with Crippen molar-refractivity contribution < 1.29 is 0 Å². The summed E-state index contributed by atoms with van der Waals surface area (Å²) in [6.45, 7) is 24.2. The van der Waals surface area contributed by atoms with Gasteiger partial charge in [0.15, 0.2) is 0 Å². The molecule has 0 unspecified atom stereocenters. The van der Waals surface area contributed by atoms with Crippen molar-refractivity contribution in [2.75, 3.05) is 4.90 Å². The number of aromatic nitrogens is 1. The topological polar surface area (TPSA) is 8.17 Å². The summed E-state index contributed by atoms with van der Waals surface area (Å²) in [7, 11) is 0. The lowest BCUT2D eigenvalue weighted by Crippen LogP contribution is -2.14. The Hall–Kier alpha value is -6.64. The maximum Gasteiger partial charge on any atom is 0.0547 e. The molecular formula is C57H52N2. The highest BCUT2D eigenvalue weighted by Gasteiger charge is 2.25. The van der Waals surface area contributed by atoms with Gasteiger partial charge in [-0.1, -0.05) is 73.8 Å². The average molecular weight is 765 g/mol. The number of nitrogens with zero attached hydrogens (tertiary/aromatic N) is 2. The molecular weight excluding hydrogens is 713 g/mol. The van der Waals surface area contributed by atoms with Crippen LogP contribution in [-0.2, 0) is 12.8 Å². The van der Waals surface area contributed by atoms with E-state index in [1.807, 2.05) is 6.08 Å². The lowest BCUT2D eigenvalue weighted by molar-refractivity contribution is 0.942. The Labute approximate surface area is 350 Å². The van der Waals surface area contributed by atoms with Crippen LogP contribution in [-0.4, -0.2) is 4.57 Å². The number of fused-ring (bicyclic) bond motifs is 7.